The molecule has 1 aliphatic carbocycles. The van der Waals surface area contributed by atoms with Crippen molar-refractivity contribution in [2.45, 2.75) is 49.6 Å². The number of primary amides is 1. The highest BCUT2D eigenvalue weighted by Crippen LogP contribution is 2.28. The number of hydrogen-bond donors (Lipinski definition) is 1. The van der Waals surface area contributed by atoms with Crippen LogP contribution in [0.25, 0.3) is 0 Å². The van der Waals surface area contributed by atoms with E-state index in [1.54, 1.807) is 19.1 Å². The molecular formula is C16H22N2O4S. The molecule has 126 valence electrons. The van der Waals surface area contributed by atoms with Crippen molar-refractivity contribution in [3.8, 4) is 0 Å². The summed E-state index contributed by atoms with van der Waals surface area (Å²) < 4.78 is 32.6. The third-order valence-corrected chi connectivity index (χ3v) is 6.54. The standard InChI is InChI=1S/C16H22N2O4S/c1-11-15(16(17)19)18(8-9-22-11)23(20,21)14-7-6-12-4-2-3-5-13(12)10-14/h6-7,10-11,15H,2-5,8-9H2,1H3,(H2,17,19)/t11-,15+/m1/s1. The van der Waals surface area contributed by atoms with Gasteiger partial charge in [-0.1, -0.05) is 6.07 Å². The van der Waals surface area contributed by atoms with E-state index < -0.39 is 28.1 Å². The number of aryl methyl sites for hydroxylation is 2. The molecule has 0 bridgehead atoms. The molecule has 7 heteroatoms. The lowest BCUT2D eigenvalue weighted by molar-refractivity contribution is -0.130. The minimum atomic E-state index is -3.77. The molecule has 1 heterocycles. The Balaban J connectivity index is 1.98. The van der Waals surface area contributed by atoms with E-state index in [0.29, 0.717) is 0 Å². The molecule has 0 saturated carbocycles. The molecule has 1 aliphatic heterocycles. The lowest BCUT2D eigenvalue weighted by Gasteiger charge is -2.37. The van der Waals surface area contributed by atoms with E-state index >= 15 is 0 Å². The Hall–Kier alpha value is -1.44. The van der Waals surface area contributed by atoms with Crippen LogP contribution in [0.1, 0.15) is 30.9 Å². The van der Waals surface area contributed by atoms with E-state index in [9.17, 15) is 13.2 Å². The van der Waals surface area contributed by atoms with Crippen molar-refractivity contribution in [2.75, 3.05) is 13.2 Å². The van der Waals surface area contributed by atoms with Gasteiger partial charge in [0, 0.05) is 6.54 Å². The van der Waals surface area contributed by atoms with Gasteiger partial charge in [-0.25, -0.2) is 8.42 Å². The quantitative estimate of drug-likeness (QED) is 0.884. The molecule has 1 fully saturated rings. The van der Waals surface area contributed by atoms with Crippen LogP contribution in [-0.2, 0) is 32.4 Å². The molecule has 1 aromatic carbocycles. The number of nitrogens with zero attached hydrogens (tertiary/aromatic N) is 1. The molecule has 23 heavy (non-hydrogen) atoms. The highest BCUT2D eigenvalue weighted by molar-refractivity contribution is 7.89. The fourth-order valence-corrected chi connectivity index (χ4v) is 5.13. The van der Waals surface area contributed by atoms with Crippen molar-refractivity contribution in [3.05, 3.63) is 29.3 Å². The molecule has 3 rings (SSSR count). The van der Waals surface area contributed by atoms with Gasteiger partial charge in [0.15, 0.2) is 0 Å². The average Bonchev–Trinajstić information content (AvgIpc) is 2.53. The van der Waals surface area contributed by atoms with Gasteiger partial charge in [0.05, 0.1) is 17.6 Å². The fraction of sp³-hybridized carbons (Fsp3) is 0.562. The van der Waals surface area contributed by atoms with Gasteiger partial charge < -0.3 is 10.5 Å². The first kappa shape index (κ1) is 16.4. The maximum atomic E-state index is 13.0. The van der Waals surface area contributed by atoms with Crippen LogP contribution in [-0.4, -0.2) is 43.9 Å². The monoisotopic (exact) mass is 338 g/mol. The number of sulfonamides is 1. The predicted molar refractivity (Wildman–Crippen MR) is 85.4 cm³/mol. The average molecular weight is 338 g/mol. The zero-order chi connectivity index (χ0) is 16.6. The van der Waals surface area contributed by atoms with Crippen molar-refractivity contribution < 1.29 is 17.9 Å². The summed E-state index contributed by atoms with van der Waals surface area (Å²) in [6.07, 6.45) is 3.57. The summed E-state index contributed by atoms with van der Waals surface area (Å²) in [5, 5.41) is 0. The van der Waals surface area contributed by atoms with Crippen LogP contribution < -0.4 is 5.73 Å². The van der Waals surface area contributed by atoms with Crippen molar-refractivity contribution in [2.24, 2.45) is 5.73 Å². The van der Waals surface area contributed by atoms with Crippen LogP contribution in [0.2, 0.25) is 0 Å². The lowest BCUT2D eigenvalue weighted by Crippen LogP contribution is -2.58. The first-order valence-corrected chi connectivity index (χ1v) is 9.40. The number of morpholine rings is 1. The Morgan fingerprint density at radius 1 is 1.26 bits per heavy atom. The third-order valence-electron chi connectivity index (χ3n) is 4.67. The lowest BCUT2D eigenvalue weighted by atomic mass is 9.92. The van der Waals surface area contributed by atoms with Crippen LogP contribution in [0.4, 0.5) is 0 Å². The SMILES string of the molecule is C[C@H]1OCCN(S(=O)(=O)c2ccc3c(c2)CCCC3)[C@@H]1C(N)=O. The zero-order valence-corrected chi connectivity index (χ0v) is 14.0. The molecule has 1 saturated heterocycles. The maximum absolute atomic E-state index is 13.0. The molecule has 0 radical (unpaired) electrons. The van der Waals surface area contributed by atoms with E-state index in [-0.39, 0.29) is 18.0 Å². The second-order valence-corrected chi connectivity index (χ2v) is 8.07. The zero-order valence-electron chi connectivity index (χ0n) is 13.2. The number of carbonyl (C=O) groups excluding carboxylic acids is 1. The summed E-state index contributed by atoms with van der Waals surface area (Å²) in [4.78, 5) is 12.0. The van der Waals surface area contributed by atoms with Crippen molar-refractivity contribution in [1.29, 1.82) is 0 Å². The first-order chi connectivity index (χ1) is 10.9. The summed E-state index contributed by atoms with van der Waals surface area (Å²) >= 11 is 0. The number of benzene rings is 1. The number of amides is 1. The highest BCUT2D eigenvalue weighted by Gasteiger charge is 2.41. The normalized spacial score (nSPS) is 25.8. The summed E-state index contributed by atoms with van der Waals surface area (Å²) in [6.45, 7) is 2.07. The highest BCUT2D eigenvalue weighted by atomic mass is 32.2. The van der Waals surface area contributed by atoms with Crippen molar-refractivity contribution >= 4 is 15.9 Å². The molecule has 2 N–H and O–H groups in total. The van der Waals surface area contributed by atoms with Crippen LogP contribution in [0.15, 0.2) is 23.1 Å². The van der Waals surface area contributed by atoms with Crippen LogP contribution in [0.3, 0.4) is 0 Å². The Labute approximate surface area is 136 Å². The van der Waals surface area contributed by atoms with E-state index in [1.807, 2.05) is 6.07 Å². The number of nitrogens with two attached hydrogens (primary N) is 1. The molecule has 0 aromatic heterocycles. The minimum absolute atomic E-state index is 0.136. The van der Waals surface area contributed by atoms with Crippen LogP contribution >= 0.6 is 0 Å². The van der Waals surface area contributed by atoms with E-state index in [0.717, 1.165) is 31.2 Å². The second kappa shape index (κ2) is 6.22. The Morgan fingerprint density at radius 2 is 1.96 bits per heavy atom. The minimum Gasteiger partial charge on any atom is -0.375 e. The predicted octanol–water partition coefficient (Wildman–Crippen LogP) is 0.829. The fourth-order valence-electron chi connectivity index (χ4n) is 3.44. The number of fused-ring (bicyclic) bond motifs is 1. The van der Waals surface area contributed by atoms with Gasteiger partial charge in [-0.2, -0.15) is 4.31 Å². The van der Waals surface area contributed by atoms with E-state index in [1.165, 1.54) is 9.87 Å². The van der Waals surface area contributed by atoms with Gasteiger partial charge in [-0.15, -0.1) is 0 Å². The molecule has 0 unspecified atom stereocenters. The van der Waals surface area contributed by atoms with Gasteiger partial charge in [-0.3, -0.25) is 4.79 Å². The maximum Gasteiger partial charge on any atom is 0.243 e. The molecule has 2 aliphatic rings. The third kappa shape index (κ3) is 3.00. The van der Waals surface area contributed by atoms with Crippen molar-refractivity contribution in [1.82, 2.24) is 4.31 Å². The topological polar surface area (TPSA) is 89.7 Å². The van der Waals surface area contributed by atoms with Gasteiger partial charge in [0.25, 0.3) is 0 Å². The molecule has 0 spiro atoms. The van der Waals surface area contributed by atoms with Gasteiger partial charge in [0.2, 0.25) is 15.9 Å². The number of hydrogen-bond acceptors (Lipinski definition) is 4. The molecule has 1 amide bonds. The number of ether oxygens (including phenoxy) is 1. The molecule has 1 aromatic rings. The Kier molecular flexibility index (Phi) is 4.44. The van der Waals surface area contributed by atoms with Gasteiger partial charge in [-0.05, 0) is 55.9 Å². The number of rotatable bonds is 3. The largest absolute Gasteiger partial charge is 0.375 e. The first-order valence-electron chi connectivity index (χ1n) is 7.96. The van der Waals surface area contributed by atoms with Gasteiger partial charge in [0.1, 0.15) is 6.04 Å². The molecule has 6 nitrogen and oxygen atoms in total. The van der Waals surface area contributed by atoms with E-state index in [2.05, 4.69) is 0 Å². The van der Waals surface area contributed by atoms with Crippen LogP contribution in [0.5, 0.6) is 0 Å². The summed E-state index contributed by atoms with van der Waals surface area (Å²) in [6, 6.07) is 4.31. The van der Waals surface area contributed by atoms with Crippen molar-refractivity contribution in [3.63, 3.8) is 0 Å². The summed E-state index contributed by atoms with van der Waals surface area (Å²) in [5.41, 5.74) is 7.72. The smallest absolute Gasteiger partial charge is 0.243 e. The Bertz CT molecular complexity index is 717. The summed E-state index contributed by atoms with van der Waals surface area (Å²) in [5.74, 6) is -0.682. The second-order valence-electron chi connectivity index (χ2n) is 6.18. The Morgan fingerprint density at radius 3 is 2.65 bits per heavy atom. The molecular weight excluding hydrogens is 316 g/mol. The van der Waals surface area contributed by atoms with E-state index in [4.69, 9.17) is 10.5 Å². The van der Waals surface area contributed by atoms with Gasteiger partial charge >= 0.3 is 0 Å². The molecule has 2 atom stereocenters. The summed E-state index contributed by atoms with van der Waals surface area (Å²) in [7, 11) is -3.77. The van der Waals surface area contributed by atoms with Crippen LogP contribution in [0, 0.1) is 0 Å². The number of carbonyl (C=O) groups is 1.